The summed E-state index contributed by atoms with van der Waals surface area (Å²) in [6.07, 6.45) is 1.30. The number of rotatable bonds is 3. The maximum atomic E-state index is 13.9. The topological polar surface area (TPSA) is 46.6 Å². The van der Waals surface area contributed by atoms with Crippen LogP contribution in [-0.2, 0) is 14.3 Å². The van der Waals surface area contributed by atoms with Gasteiger partial charge in [-0.3, -0.25) is 4.79 Å². The molecule has 0 spiro atoms. The number of likely N-dealkylation sites (N-methyl/N-ethyl adjacent to an activating group) is 1. The van der Waals surface area contributed by atoms with Gasteiger partial charge in [-0.05, 0) is 32.1 Å². The molecule has 0 saturated carbocycles. The highest BCUT2D eigenvalue weighted by molar-refractivity contribution is 6.32. The van der Waals surface area contributed by atoms with Crippen molar-refractivity contribution >= 4 is 29.6 Å². The van der Waals surface area contributed by atoms with Crippen molar-refractivity contribution in [3.8, 4) is 0 Å². The number of nitrogens with zero attached hydrogens (tertiary/aromatic N) is 1. The number of ether oxygens (including phenoxy) is 1. The molecule has 0 unspecified atom stereocenters. The van der Waals surface area contributed by atoms with E-state index in [4.69, 9.17) is 16.3 Å². The van der Waals surface area contributed by atoms with Crippen molar-refractivity contribution in [2.24, 2.45) is 0 Å². The van der Waals surface area contributed by atoms with Gasteiger partial charge < -0.3 is 9.64 Å². The highest BCUT2D eigenvalue weighted by atomic mass is 35.5. The van der Waals surface area contributed by atoms with Gasteiger partial charge in [0, 0.05) is 17.8 Å². The second-order valence-corrected chi connectivity index (χ2v) is 5.10. The highest BCUT2D eigenvalue weighted by Gasteiger charge is 2.36. The summed E-state index contributed by atoms with van der Waals surface area (Å²) in [4.78, 5) is 25.9. The van der Waals surface area contributed by atoms with Crippen LogP contribution in [0.15, 0.2) is 35.0 Å². The monoisotopic (exact) mass is 323 g/mol. The smallest absolute Gasteiger partial charge is 0.340 e. The van der Waals surface area contributed by atoms with Crippen LogP contribution in [0.2, 0.25) is 5.02 Å². The average Bonchev–Trinajstić information content (AvgIpc) is 2.72. The van der Waals surface area contributed by atoms with Gasteiger partial charge in [0.15, 0.2) is 0 Å². The fraction of sp³-hybridized carbons (Fsp3) is 0.250. The first kappa shape index (κ1) is 16.2. The molecule has 0 fully saturated rings. The SMILES string of the molecule is CCN1C(=O)/C(=C/c2c(F)cccc2Cl)C(C(=O)OC)=C1C. The van der Waals surface area contributed by atoms with E-state index in [-0.39, 0.29) is 27.6 Å². The second kappa shape index (κ2) is 6.32. The molecule has 0 atom stereocenters. The third kappa shape index (κ3) is 2.64. The van der Waals surface area contributed by atoms with Gasteiger partial charge in [-0.15, -0.1) is 0 Å². The third-order valence-electron chi connectivity index (χ3n) is 3.51. The standard InChI is InChI=1S/C16H15ClFNO3/c1-4-19-9(2)14(16(21)22-3)11(15(19)20)8-10-12(17)6-5-7-13(10)18/h5-8H,4H2,1-3H3/b11-8+. The Bertz CT molecular complexity index is 689. The zero-order valence-corrected chi connectivity index (χ0v) is 13.2. The number of benzene rings is 1. The minimum absolute atomic E-state index is 0.0691. The summed E-state index contributed by atoms with van der Waals surface area (Å²) in [5.41, 5.74) is 0.768. The van der Waals surface area contributed by atoms with Crippen LogP contribution >= 0.6 is 11.6 Å². The van der Waals surface area contributed by atoms with Crippen molar-refractivity contribution in [1.82, 2.24) is 4.90 Å². The highest BCUT2D eigenvalue weighted by Crippen LogP contribution is 2.33. The lowest BCUT2D eigenvalue weighted by atomic mass is 10.0. The lowest BCUT2D eigenvalue weighted by Crippen LogP contribution is -2.24. The Hall–Kier alpha value is -2.14. The quantitative estimate of drug-likeness (QED) is 0.634. The van der Waals surface area contributed by atoms with Gasteiger partial charge in [-0.1, -0.05) is 17.7 Å². The molecule has 1 aliphatic rings. The first-order valence-corrected chi connectivity index (χ1v) is 7.07. The number of hydrogen-bond acceptors (Lipinski definition) is 3. The van der Waals surface area contributed by atoms with E-state index in [9.17, 15) is 14.0 Å². The van der Waals surface area contributed by atoms with Crippen molar-refractivity contribution in [1.29, 1.82) is 0 Å². The predicted octanol–water partition coefficient (Wildman–Crippen LogP) is 3.17. The Morgan fingerprint density at radius 2 is 2.14 bits per heavy atom. The molecule has 22 heavy (non-hydrogen) atoms. The number of methoxy groups -OCH3 is 1. The lowest BCUT2D eigenvalue weighted by Gasteiger charge is -2.14. The van der Waals surface area contributed by atoms with E-state index in [1.165, 1.54) is 36.3 Å². The number of amides is 1. The molecule has 116 valence electrons. The molecule has 1 aromatic carbocycles. The maximum absolute atomic E-state index is 13.9. The van der Waals surface area contributed by atoms with Crippen LogP contribution in [0.4, 0.5) is 4.39 Å². The van der Waals surface area contributed by atoms with E-state index in [1.807, 2.05) is 0 Å². The number of carbonyl (C=O) groups excluding carboxylic acids is 2. The molecule has 6 heteroatoms. The van der Waals surface area contributed by atoms with Crippen LogP contribution in [0.1, 0.15) is 19.4 Å². The minimum Gasteiger partial charge on any atom is -0.465 e. The molecule has 1 amide bonds. The van der Waals surface area contributed by atoms with Crippen LogP contribution in [0.25, 0.3) is 6.08 Å². The Morgan fingerprint density at radius 3 is 2.68 bits per heavy atom. The molecule has 0 bridgehead atoms. The predicted molar refractivity (Wildman–Crippen MR) is 81.5 cm³/mol. The summed E-state index contributed by atoms with van der Waals surface area (Å²) in [5.74, 6) is -1.58. The van der Waals surface area contributed by atoms with Gasteiger partial charge >= 0.3 is 5.97 Å². The molecular weight excluding hydrogens is 309 g/mol. The number of hydrogen-bond donors (Lipinski definition) is 0. The van der Waals surface area contributed by atoms with Gasteiger partial charge in [-0.25, -0.2) is 9.18 Å². The average molecular weight is 324 g/mol. The molecule has 0 aromatic heterocycles. The number of esters is 1. The molecule has 4 nitrogen and oxygen atoms in total. The molecule has 1 aliphatic heterocycles. The van der Waals surface area contributed by atoms with E-state index >= 15 is 0 Å². The van der Waals surface area contributed by atoms with Crippen LogP contribution in [0, 0.1) is 5.82 Å². The van der Waals surface area contributed by atoms with E-state index in [0.717, 1.165) is 0 Å². The minimum atomic E-state index is -0.638. The second-order valence-electron chi connectivity index (χ2n) is 4.69. The molecular formula is C16H15ClFNO3. The molecule has 0 saturated heterocycles. The fourth-order valence-corrected chi connectivity index (χ4v) is 2.62. The van der Waals surface area contributed by atoms with Gasteiger partial charge in [0.05, 0.1) is 23.3 Å². The Balaban J connectivity index is 2.64. The number of allylic oxidation sites excluding steroid dienone is 1. The molecule has 0 N–H and O–H groups in total. The summed E-state index contributed by atoms with van der Waals surface area (Å²) in [6, 6.07) is 4.23. The molecule has 1 heterocycles. The van der Waals surface area contributed by atoms with Crippen LogP contribution in [-0.4, -0.2) is 30.4 Å². The summed E-state index contributed by atoms with van der Waals surface area (Å²) in [5, 5.41) is 0.164. The molecule has 1 aromatic rings. The normalized spacial score (nSPS) is 16.7. The van der Waals surface area contributed by atoms with Crippen LogP contribution in [0.5, 0.6) is 0 Å². The van der Waals surface area contributed by atoms with Gasteiger partial charge in [0.1, 0.15) is 5.82 Å². The number of carbonyl (C=O) groups is 2. The third-order valence-corrected chi connectivity index (χ3v) is 3.84. The summed E-state index contributed by atoms with van der Waals surface area (Å²) >= 11 is 5.98. The van der Waals surface area contributed by atoms with E-state index in [2.05, 4.69) is 0 Å². The van der Waals surface area contributed by atoms with Crippen molar-refractivity contribution in [3.63, 3.8) is 0 Å². The maximum Gasteiger partial charge on any atom is 0.340 e. The van der Waals surface area contributed by atoms with Gasteiger partial charge in [0.25, 0.3) is 5.91 Å². The van der Waals surface area contributed by atoms with Gasteiger partial charge in [0.2, 0.25) is 0 Å². The Labute approximate surface area is 132 Å². The number of halogens is 2. The Kier molecular flexibility index (Phi) is 4.66. The molecule has 2 rings (SSSR count). The molecule has 0 aliphatic carbocycles. The van der Waals surface area contributed by atoms with Gasteiger partial charge in [-0.2, -0.15) is 0 Å². The summed E-state index contributed by atoms with van der Waals surface area (Å²) in [7, 11) is 1.23. The lowest BCUT2D eigenvalue weighted by molar-refractivity contribution is -0.136. The summed E-state index contributed by atoms with van der Waals surface area (Å²) < 4.78 is 18.7. The van der Waals surface area contributed by atoms with E-state index in [1.54, 1.807) is 13.8 Å². The largest absolute Gasteiger partial charge is 0.465 e. The van der Waals surface area contributed by atoms with E-state index < -0.39 is 11.8 Å². The first-order chi connectivity index (χ1) is 10.4. The fourth-order valence-electron chi connectivity index (χ4n) is 2.40. The Morgan fingerprint density at radius 1 is 1.45 bits per heavy atom. The summed E-state index contributed by atoms with van der Waals surface area (Å²) in [6.45, 7) is 3.83. The van der Waals surface area contributed by atoms with Crippen LogP contribution < -0.4 is 0 Å². The molecule has 0 radical (unpaired) electrons. The van der Waals surface area contributed by atoms with Crippen molar-refractivity contribution in [3.05, 3.63) is 51.4 Å². The van der Waals surface area contributed by atoms with Crippen LogP contribution in [0.3, 0.4) is 0 Å². The zero-order valence-electron chi connectivity index (χ0n) is 12.4. The van der Waals surface area contributed by atoms with Crippen molar-refractivity contribution < 1.29 is 18.7 Å². The zero-order chi connectivity index (χ0) is 16.4. The van der Waals surface area contributed by atoms with Crippen molar-refractivity contribution in [2.45, 2.75) is 13.8 Å². The van der Waals surface area contributed by atoms with E-state index in [0.29, 0.717) is 12.2 Å². The van der Waals surface area contributed by atoms with Crippen molar-refractivity contribution in [2.75, 3.05) is 13.7 Å². The first-order valence-electron chi connectivity index (χ1n) is 6.69.